The lowest BCUT2D eigenvalue weighted by molar-refractivity contribution is 0.0983. The zero-order valence-electron chi connectivity index (χ0n) is 11.6. The summed E-state index contributed by atoms with van der Waals surface area (Å²) in [6.07, 6.45) is 0. The molecular weight excluding hydrogens is 271 g/mol. The number of anilines is 2. The minimum atomic E-state index is -0.712. The van der Waals surface area contributed by atoms with Crippen LogP contribution in [-0.4, -0.2) is 31.2 Å². The molecule has 0 fully saturated rings. The number of halogens is 1. The van der Waals surface area contributed by atoms with Gasteiger partial charge in [0.25, 0.3) is 5.91 Å². The maximum Gasteiger partial charge on any atom is 0.261 e. The molecule has 0 aliphatic carbocycles. The van der Waals surface area contributed by atoms with Crippen LogP contribution in [0.4, 0.5) is 15.8 Å². The molecule has 0 unspecified atom stereocenters. The summed E-state index contributed by atoms with van der Waals surface area (Å²) in [6.45, 7) is 1.18. The van der Waals surface area contributed by atoms with Crippen LogP contribution in [0, 0.1) is 5.82 Å². The average molecular weight is 286 g/mol. The highest BCUT2D eigenvalue weighted by atomic mass is 19.1. The lowest BCUT2D eigenvalue weighted by atomic mass is 10.1. The lowest BCUT2D eigenvalue weighted by Gasteiger charge is -2.35. The second-order valence-corrected chi connectivity index (χ2v) is 5.03. The van der Waals surface area contributed by atoms with Crippen molar-refractivity contribution in [1.29, 1.82) is 0 Å². The number of amides is 1. The van der Waals surface area contributed by atoms with Crippen LogP contribution in [-0.2, 0) is 0 Å². The summed E-state index contributed by atoms with van der Waals surface area (Å²) in [5, 5.41) is 9.25. The third kappa shape index (κ3) is 2.31. The van der Waals surface area contributed by atoms with Crippen LogP contribution in [0.2, 0.25) is 0 Å². The topological polar surface area (TPSA) is 43.8 Å². The first-order valence-electron chi connectivity index (χ1n) is 6.68. The zero-order valence-corrected chi connectivity index (χ0v) is 11.6. The van der Waals surface area contributed by atoms with Crippen LogP contribution in [0.25, 0.3) is 0 Å². The second kappa shape index (κ2) is 5.09. The highest BCUT2D eigenvalue weighted by molar-refractivity contribution is 6.08. The van der Waals surface area contributed by atoms with Crippen LogP contribution in [0.15, 0.2) is 42.5 Å². The van der Waals surface area contributed by atoms with Crippen molar-refractivity contribution < 1.29 is 14.3 Å². The Labute approximate surface area is 122 Å². The van der Waals surface area contributed by atoms with Gasteiger partial charge in [-0.15, -0.1) is 0 Å². The number of likely N-dealkylation sites (N-methyl/N-ethyl adjacent to an activating group) is 1. The van der Waals surface area contributed by atoms with Crippen molar-refractivity contribution in [3.05, 3.63) is 53.8 Å². The average Bonchev–Trinajstić information content (AvgIpc) is 2.47. The van der Waals surface area contributed by atoms with Gasteiger partial charge in [-0.25, -0.2) is 4.39 Å². The molecule has 0 radical (unpaired) electrons. The molecule has 0 atom stereocenters. The van der Waals surface area contributed by atoms with E-state index in [9.17, 15) is 14.3 Å². The smallest absolute Gasteiger partial charge is 0.261 e. The molecule has 4 nitrogen and oxygen atoms in total. The van der Waals surface area contributed by atoms with Crippen molar-refractivity contribution in [2.24, 2.45) is 0 Å². The van der Waals surface area contributed by atoms with Crippen molar-refractivity contribution >= 4 is 17.3 Å². The first-order chi connectivity index (χ1) is 10.1. The zero-order chi connectivity index (χ0) is 15.0. The molecule has 2 aromatic rings. The summed E-state index contributed by atoms with van der Waals surface area (Å²) < 4.78 is 13.9. The lowest BCUT2D eigenvalue weighted by Crippen LogP contribution is -2.42. The summed E-state index contributed by atoms with van der Waals surface area (Å²) in [6, 6.07) is 11.1. The SMILES string of the molecule is CN1CCN(C(=O)c2ccc(O)cc2F)c2ccccc21. The van der Waals surface area contributed by atoms with E-state index < -0.39 is 11.7 Å². The Kier molecular flexibility index (Phi) is 3.25. The summed E-state index contributed by atoms with van der Waals surface area (Å²) in [4.78, 5) is 16.2. The monoisotopic (exact) mass is 286 g/mol. The fraction of sp³-hybridized carbons (Fsp3) is 0.188. The van der Waals surface area contributed by atoms with Crippen molar-refractivity contribution in [1.82, 2.24) is 0 Å². The number of fused-ring (bicyclic) bond motifs is 1. The molecule has 1 aliphatic heterocycles. The van der Waals surface area contributed by atoms with Crippen molar-refractivity contribution in [3.63, 3.8) is 0 Å². The Morgan fingerprint density at radius 1 is 1.14 bits per heavy atom. The Hall–Kier alpha value is -2.56. The number of phenolic OH excluding ortho intramolecular Hbond substituents is 1. The Bertz CT molecular complexity index is 702. The summed E-state index contributed by atoms with van der Waals surface area (Å²) >= 11 is 0. The van der Waals surface area contributed by atoms with Crippen LogP contribution < -0.4 is 9.80 Å². The van der Waals surface area contributed by atoms with Crippen molar-refractivity contribution in [3.8, 4) is 5.75 Å². The molecule has 0 spiro atoms. The number of carbonyl (C=O) groups excluding carboxylic acids is 1. The minimum Gasteiger partial charge on any atom is -0.508 e. The van der Waals surface area contributed by atoms with E-state index in [1.165, 1.54) is 12.1 Å². The van der Waals surface area contributed by atoms with Crippen LogP contribution in [0.5, 0.6) is 5.75 Å². The number of hydrogen-bond donors (Lipinski definition) is 1. The van der Waals surface area contributed by atoms with Gasteiger partial charge in [0.15, 0.2) is 0 Å². The largest absolute Gasteiger partial charge is 0.508 e. The number of para-hydroxylation sites is 2. The fourth-order valence-corrected chi connectivity index (χ4v) is 2.54. The number of carbonyl (C=O) groups is 1. The Balaban J connectivity index is 2.01. The maximum atomic E-state index is 13.9. The first-order valence-corrected chi connectivity index (χ1v) is 6.68. The van der Waals surface area contributed by atoms with Gasteiger partial charge >= 0.3 is 0 Å². The predicted octanol–water partition coefficient (Wildman–Crippen LogP) is 2.63. The van der Waals surface area contributed by atoms with Crippen LogP contribution in [0.3, 0.4) is 0 Å². The Morgan fingerprint density at radius 2 is 1.86 bits per heavy atom. The number of hydrogen-bond acceptors (Lipinski definition) is 3. The predicted molar refractivity (Wildman–Crippen MR) is 79.5 cm³/mol. The summed E-state index contributed by atoms with van der Waals surface area (Å²) in [7, 11) is 1.96. The number of nitrogens with zero attached hydrogens (tertiary/aromatic N) is 2. The number of phenols is 1. The van der Waals surface area contributed by atoms with Gasteiger partial charge in [0.05, 0.1) is 16.9 Å². The maximum absolute atomic E-state index is 13.9. The van der Waals surface area contributed by atoms with E-state index in [0.717, 1.165) is 17.4 Å². The van der Waals surface area contributed by atoms with E-state index in [2.05, 4.69) is 4.90 Å². The Morgan fingerprint density at radius 3 is 2.57 bits per heavy atom. The van der Waals surface area contributed by atoms with Gasteiger partial charge in [0.2, 0.25) is 0 Å². The number of benzene rings is 2. The number of rotatable bonds is 1. The van der Waals surface area contributed by atoms with Crippen molar-refractivity contribution in [2.75, 3.05) is 29.9 Å². The standard InChI is InChI=1S/C16H15FN2O2/c1-18-8-9-19(15-5-3-2-4-14(15)18)16(21)12-7-6-11(20)10-13(12)17/h2-7,10,20H,8-9H2,1H3. The molecule has 1 heterocycles. The van der Waals surface area contributed by atoms with Gasteiger partial charge in [-0.1, -0.05) is 12.1 Å². The summed E-state index contributed by atoms with van der Waals surface area (Å²) in [5.41, 5.74) is 1.67. The molecule has 0 bridgehead atoms. The molecule has 5 heteroatoms. The van der Waals surface area contributed by atoms with E-state index in [4.69, 9.17) is 0 Å². The van der Waals surface area contributed by atoms with E-state index in [1.807, 2.05) is 31.3 Å². The molecule has 108 valence electrons. The molecule has 0 saturated carbocycles. The van der Waals surface area contributed by atoms with E-state index in [0.29, 0.717) is 13.1 Å². The van der Waals surface area contributed by atoms with Gasteiger partial charge in [-0.2, -0.15) is 0 Å². The molecule has 1 aliphatic rings. The molecule has 0 aromatic heterocycles. The van der Waals surface area contributed by atoms with Gasteiger partial charge in [-0.05, 0) is 24.3 Å². The van der Waals surface area contributed by atoms with Crippen molar-refractivity contribution in [2.45, 2.75) is 0 Å². The molecule has 1 N–H and O–H groups in total. The molecule has 0 saturated heterocycles. The highest BCUT2D eigenvalue weighted by Crippen LogP contribution is 2.33. The van der Waals surface area contributed by atoms with Gasteiger partial charge in [0.1, 0.15) is 11.6 Å². The molecule has 2 aromatic carbocycles. The third-order valence-electron chi connectivity index (χ3n) is 3.67. The van der Waals surface area contributed by atoms with Gasteiger partial charge in [0, 0.05) is 26.2 Å². The summed E-state index contributed by atoms with van der Waals surface area (Å²) in [5.74, 6) is -1.30. The molecule has 3 rings (SSSR count). The molecule has 21 heavy (non-hydrogen) atoms. The fourth-order valence-electron chi connectivity index (χ4n) is 2.54. The van der Waals surface area contributed by atoms with E-state index >= 15 is 0 Å². The first kappa shape index (κ1) is 13.4. The van der Waals surface area contributed by atoms with Crippen LogP contribution >= 0.6 is 0 Å². The normalized spacial score (nSPS) is 14.0. The minimum absolute atomic E-state index is 0.0350. The number of aromatic hydroxyl groups is 1. The van der Waals surface area contributed by atoms with Gasteiger partial charge in [-0.3, -0.25) is 4.79 Å². The van der Waals surface area contributed by atoms with E-state index in [-0.39, 0.29) is 11.3 Å². The second-order valence-electron chi connectivity index (χ2n) is 5.03. The van der Waals surface area contributed by atoms with Crippen LogP contribution in [0.1, 0.15) is 10.4 Å². The third-order valence-corrected chi connectivity index (χ3v) is 3.67. The molecular formula is C16H15FN2O2. The quantitative estimate of drug-likeness (QED) is 0.876. The van der Waals surface area contributed by atoms with E-state index in [1.54, 1.807) is 4.90 Å². The highest BCUT2D eigenvalue weighted by Gasteiger charge is 2.27. The molecule has 1 amide bonds. The van der Waals surface area contributed by atoms with Gasteiger partial charge < -0.3 is 14.9 Å².